The van der Waals surface area contributed by atoms with E-state index in [0.29, 0.717) is 17.9 Å². The second-order valence-electron chi connectivity index (χ2n) is 2.65. The summed E-state index contributed by atoms with van der Waals surface area (Å²) in [4.78, 5) is 20.4. The Kier molecular flexibility index (Phi) is 2.10. The molecule has 1 aromatic carbocycles. The second kappa shape index (κ2) is 3.41. The van der Waals surface area contributed by atoms with Gasteiger partial charge in [-0.1, -0.05) is 24.3 Å². The lowest BCUT2D eigenvalue weighted by atomic mass is 10.1. The lowest BCUT2D eigenvalue weighted by molar-refractivity contribution is -0.194. The number of carbonyl (C=O) groups is 1. The third-order valence-electron chi connectivity index (χ3n) is 1.81. The molecular formula is C10H8O3. The molecule has 0 aliphatic carbocycles. The average Bonchev–Trinajstić information content (AvgIpc) is 2.41. The topological polar surface area (TPSA) is 35.5 Å². The van der Waals surface area contributed by atoms with Crippen LogP contribution in [0.15, 0.2) is 24.3 Å². The smallest absolute Gasteiger partial charge is 0.183 e. The molecule has 1 aliphatic heterocycles. The Bertz CT molecular complexity index is 355. The Morgan fingerprint density at radius 1 is 1.38 bits per heavy atom. The van der Waals surface area contributed by atoms with Crippen molar-refractivity contribution in [2.45, 2.75) is 0 Å². The van der Waals surface area contributed by atoms with E-state index in [4.69, 9.17) is 9.78 Å². The highest BCUT2D eigenvalue weighted by molar-refractivity contribution is 5.82. The van der Waals surface area contributed by atoms with Crippen LogP contribution in [-0.4, -0.2) is 12.9 Å². The minimum Gasteiger partial charge on any atom is -0.336 e. The number of carbonyl (C=O) groups excluding carboxylic acids is 1. The molecule has 0 unspecified atom stereocenters. The van der Waals surface area contributed by atoms with Crippen LogP contribution in [0, 0.1) is 0 Å². The van der Waals surface area contributed by atoms with Crippen molar-refractivity contribution in [1.29, 1.82) is 0 Å². The van der Waals surface area contributed by atoms with Crippen molar-refractivity contribution >= 4 is 12.4 Å². The number of rotatable bonds is 1. The van der Waals surface area contributed by atoms with E-state index in [1.807, 2.05) is 24.3 Å². The van der Waals surface area contributed by atoms with Gasteiger partial charge in [-0.2, -0.15) is 4.89 Å². The van der Waals surface area contributed by atoms with Crippen LogP contribution in [0.3, 0.4) is 0 Å². The van der Waals surface area contributed by atoms with Gasteiger partial charge in [-0.05, 0) is 6.07 Å². The molecule has 0 bridgehead atoms. The predicted octanol–water partition coefficient (Wildman–Crippen LogP) is 1.84. The molecule has 1 heterocycles. The Balaban J connectivity index is 2.55. The van der Waals surface area contributed by atoms with Crippen LogP contribution in [0.2, 0.25) is 0 Å². The highest BCUT2D eigenvalue weighted by Gasteiger charge is 2.10. The maximum absolute atomic E-state index is 10.6. The van der Waals surface area contributed by atoms with Gasteiger partial charge in [0, 0.05) is 5.56 Å². The van der Waals surface area contributed by atoms with Gasteiger partial charge in [0.1, 0.15) is 6.61 Å². The lowest BCUT2D eigenvalue weighted by Crippen LogP contribution is -1.98. The first kappa shape index (κ1) is 8.01. The average molecular weight is 176 g/mol. The molecule has 13 heavy (non-hydrogen) atoms. The molecule has 3 heteroatoms. The molecule has 3 nitrogen and oxygen atoms in total. The molecule has 1 aromatic rings. The van der Waals surface area contributed by atoms with Crippen molar-refractivity contribution in [2.75, 3.05) is 6.61 Å². The summed E-state index contributed by atoms with van der Waals surface area (Å²) in [6, 6.07) is 5.36. The van der Waals surface area contributed by atoms with Crippen molar-refractivity contribution in [2.24, 2.45) is 0 Å². The van der Waals surface area contributed by atoms with Gasteiger partial charge >= 0.3 is 0 Å². The van der Waals surface area contributed by atoms with Gasteiger partial charge in [0.2, 0.25) is 0 Å². The van der Waals surface area contributed by atoms with Crippen molar-refractivity contribution in [3.05, 3.63) is 35.4 Å². The van der Waals surface area contributed by atoms with Crippen LogP contribution < -0.4 is 4.89 Å². The number of hydrogen-bond donors (Lipinski definition) is 0. The lowest BCUT2D eigenvalue weighted by Gasteiger charge is -2.05. The molecule has 0 N–H and O–H groups in total. The molecule has 0 fully saturated rings. The van der Waals surface area contributed by atoms with E-state index >= 15 is 0 Å². The normalized spacial score (nSPS) is 14.2. The highest BCUT2D eigenvalue weighted by Crippen LogP contribution is 2.25. The quantitative estimate of drug-likeness (QED) is 0.483. The van der Waals surface area contributed by atoms with Crippen LogP contribution in [0.5, 0.6) is 5.75 Å². The molecule has 0 amide bonds. The second-order valence-corrected chi connectivity index (χ2v) is 2.65. The monoisotopic (exact) mass is 176 g/mol. The van der Waals surface area contributed by atoms with E-state index in [2.05, 4.69) is 0 Å². The van der Waals surface area contributed by atoms with Crippen molar-refractivity contribution in [1.82, 2.24) is 0 Å². The summed E-state index contributed by atoms with van der Waals surface area (Å²) in [6.45, 7) is 0.396. The van der Waals surface area contributed by atoms with Gasteiger partial charge in [0.15, 0.2) is 12.0 Å². The molecule has 0 spiro atoms. The number of fused-ring (bicyclic) bond motifs is 1. The van der Waals surface area contributed by atoms with E-state index < -0.39 is 0 Å². The maximum Gasteiger partial charge on any atom is 0.183 e. The summed E-state index contributed by atoms with van der Waals surface area (Å²) in [5.41, 5.74) is 1.37. The molecule has 0 saturated heterocycles. The zero-order valence-electron chi connectivity index (χ0n) is 6.90. The Morgan fingerprint density at radius 3 is 3.15 bits per heavy atom. The van der Waals surface area contributed by atoms with Crippen molar-refractivity contribution in [3.63, 3.8) is 0 Å². The predicted molar refractivity (Wildman–Crippen MR) is 47.4 cm³/mol. The number of hydrogen-bond acceptors (Lipinski definition) is 3. The standard InChI is InChI=1S/C10H8O3/c11-7-9-4-1-3-8-5-2-6-12-13-10(8)9/h1-5,7H,6H2. The van der Waals surface area contributed by atoms with Crippen molar-refractivity contribution < 1.29 is 14.6 Å². The summed E-state index contributed by atoms with van der Waals surface area (Å²) in [5.74, 6) is 0.492. The number of para-hydroxylation sites is 1. The fourth-order valence-electron chi connectivity index (χ4n) is 1.20. The van der Waals surface area contributed by atoms with Crippen LogP contribution in [0.4, 0.5) is 0 Å². The Morgan fingerprint density at radius 2 is 2.31 bits per heavy atom. The van der Waals surface area contributed by atoms with E-state index in [1.54, 1.807) is 6.07 Å². The maximum atomic E-state index is 10.6. The summed E-state index contributed by atoms with van der Waals surface area (Å²) in [6.07, 6.45) is 4.46. The summed E-state index contributed by atoms with van der Waals surface area (Å²) >= 11 is 0. The molecule has 2 rings (SSSR count). The van der Waals surface area contributed by atoms with E-state index in [1.165, 1.54) is 0 Å². The van der Waals surface area contributed by atoms with E-state index in [-0.39, 0.29) is 0 Å². The highest BCUT2D eigenvalue weighted by atomic mass is 17.2. The molecule has 66 valence electrons. The van der Waals surface area contributed by atoms with Gasteiger partial charge in [-0.3, -0.25) is 4.79 Å². The van der Waals surface area contributed by atoms with Gasteiger partial charge < -0.3 is 4.89 Å². The first-order chi connectivity index (χ1) is 6.42. The molecular weight excluding hydrogens is 168 g/mol. The SMILES string of the molecule is O=Cc1cccc2c1OOCC=C2. The van der Waals surface area contributed by atoms with Gasteiger partial charge in [0.05, 0.1) is 5.56 Å². The number of aldehydes is 1. The molecule has 0 aromatic heterocycles. The van der Waals surface area contributed by atoms with E-state index in [9.17, 15) is 4.79 Å². The van der Waals surface area contributed by atoms with Gasteiger partial charge in [-0.15, -0.1) is 0 Å². The van der Waals surface area contributed by atoms with E-state index in [0.717, 1.165) is 11.8 Å². The first-order valence-electron chi connectivity index (χ1n) is 3.96. The molecule has 0 saturated carbocycles. The minimum absolute atomic E-state index is 0.396. The van der Waals surface area contributed by atoms with Crippen molar-refractivity contribution in [3.8, 4) is 5.75 Å². The zero-order chi connectivity index (χ0) is 9.10. The van der Waals surface area contributed by atoms with Crippen LogP contribution in [0.25, 0.3) is 6.08 Å². The Hall–Kier alpha value is -1.61. The third-order valence-corrected chi connectivity index (χ3v) is 1.81. The third kappa shape index (κ3) is 1.46. The summed E-state index contributed by atoms with van der Waals surface area (Å²) in [7, 11) is 0. The summed E-state index contributed by atoms with van der Waals surface area (Å²) in [5, 5.41) is 0. The minimum atomic E-state index is 0.396. The first-order valence-corrected chi connectivity index (χ1v) is 3.96. The van der Waals surface area contributed by atoms with Crippen LogP contribution >= 0.6 is 0 Å². The molecule has 1 aliphatic rings. The zero-order valence-corrected chi connectivity index (χ0v) is 6.90. The van der Waals surface area contributed by atoms with Crippen LogP contribution in [-0.2, 0) is 4.89 Å². The molecule has 0 radical (unpaired) electrons. The fraction of sp³-hybridized carbons (Fsp3) is 0.100. The number of benzene rings is 1. The largest absolute Gasteiger partial charge is 0.336 e. The fourth-order valence-corrected chi connectivity index (χ4v) is 1.20. The Labute approximate surface area is 75.5 Å². The molecule has 0 atom stereocenters. The van der Waals surface area contributed by atoms with Crippen LogP contribution in [0.1, 0.15) is 15.9 Å². The van der Waals surface area contributed by atoms with Gasteiger partial charge in [-0.25, -0.2) is 0 Å². The summed E-state index contributed by atoms with van der Waals surface area (Å²) < 4.78 is 0. The van der Waals surface area contributed by atoms with Gasteiger partial charge in [0.25, 0.3) is 0 Å².